The highest BCUT2D eigenvalue weighted by atomic mass is 32.2. The number of pyridine rings is 3. The van der Waals surface area contributed by atoms with E-state index in [1.807, 2.05) is 29.8 Å². The van der Waals surface area contributed by atoms with Crippen LogP contribution in [0, 0.1) is 11.2 Å². The number of hydrogen-bond donors (Lipinski definition) is 1. The van der Waals surface area contributed by atoms with Gasteiger partial charge in [0.1, 0.15) is 11.6 Å². The summed E-state index contributed by atoms with van der Waals surface area (Å²) in [4.78, 5) is 15.7. The normalized spacial score (nSPS) is 16.6. The van der Waals surface area contributed by atoms with Crippen molar-refractivity contribution in [3.63, 3.8) is 0 Å². The Morgan fingerprint density at radius 2 is 1.75 bits per heavy atom. The number of halogens is 1. The maximum absolute atomic E-state index is 13.5. The Morgan fingerprint density at radius 3 is 2.48 bits per heavy atom. The second kappa shape index (κ2) is 9.85. The minimum absolute atomic E-state index is 0.377. The van der Waals surface area contributed by atoms with E-state index in [0.717, 1.165) is 60.6 Å². The predicted octanol–water partition coefficient (Wildman–Crippen LogP) is 5.78. The van der Waals surface area contributed by atoms with Crippen LogP contribution in [0.5, 0.6) is 0 Å². The number of nitrogen functional groups attached to an aromatic ring is 1. The van der Waals surface area contributed by atoms with Crippen LogP contribution in [0.1, 0.15) is 5.56 Å². The summed E-state index contributed by atoms with van der Waals surface area (Å²) in [7, 11) is 0. The molecule has 1 spiro atoms. The summed E-state index contributed by atoms with van der Waals surface area (Å²) in [6.45, 7) is 9.33. The van der Waals surface area contributed by atoms with E-state index < -0.39 is 0 Å². The number of rotatable bonds is 7. The monoisotopic (exact) mass is 549 g/mol. The lowest BCUT2D eigenvalue weighted by molar-refractivity contribution is -0.0808. The largest absolute Gasteiger partial charge is 0.383 e. The highest BCUT2D eigenvalue weighted by Gasteiger charge is 2.51. The number of benzene rings is 1. The third-order valence-electron chi connectivity index (χ3n) is 7.76. The van der Waals surface area contributed by atoms with Gasteiger partial charge in [0.05, 0.1) is 28.8 Å². The van der Waals surface area contributed by atoms with E-state index in [4.69, 9.17) is 5.73 Å². The highest BCUT2D eigenvalue weighted by molar-refractivity contribution is 7.99. The van der Waals surface area contributed by atoms with Crippen LogP contribution >= 0.6 is 11.9 Å². The molecule has 0 saturated carbocycles. The average molecular weight is 550 g/mol. The number of fused-ring (bicyclic) bond motifs is 1. The molecule has 6 heterocycles. The molecule has 0 radical (unpaired) electrons. The van der Waals surface area contributed by atoms with Crippen LogP contribution in [0.4, 0.5) is 10.2 Å². The van der Waals surface area contributed by atoms with E-state index in [1.165, 1.54) is 17.8 Å². The molecule has 2 aliphatic rings. The zero-order valence-corrected chi connectivity index (χ0v) is 22.7. The molecule has 40 heavy (non-hydrogen) atoms. The molecule has 0 unspecified atom stereocenters. The van der Waals surface area contributed by atoms with E-state index in [0.29, 0.717) is 22.6 Å². The van der Waals surface area contributed by atoms with Crippen LogP contribution in [-0.2, 0) is 6.54 Å². The van der Waals surface area contributed by atoms with Crippen molar-refractivity contribution >= 4 is 28.7 Å². The van der Waals surface area contributed by atoms with Crippen molar-refractivity contribution in [3.05, 3.63) is 103 Å². The van der Waals surface area contributed by atoms with Gasteiger partial charge in [-0.05, 0) is 59.5 Å². The van der Waals surface area contributed by atoms with Gasteiger partial charge in [-0.1, -0.05) is 30.7 Å². The summed E-state index contributed by atoms with van der Waals surface area (Å²) in [5.74, 6) is 0.0849. The smallest absolute Gasteiger partial charge is 0.141 e. The number of nitrogens with two attached hydrogens (primary N) is 1. The van der Waals surface area contributed by atoms with Crippen molar-refractivity contribution in [1.29, 1.82) is 0 Å². The standard InChI is InChI=1S/C31H28FN7S/c1-2-40-38-19-31(20-38)17-37(18-31)16-21-5-8-24(9-6-21)39-28-13-27(26-10-7-23(32)15-36-26)35-14-22(28)12-29(39)25-4-3-11-34-30(25)33/h2-15H,1,16-20H2,(H2,33,34). The van der Waals surface area contributed by atoms with Crippen molar-refractivity contribution in [2.45, 2.75) is 6.54 Å². The van der Waals surface area contributed by atoms with Gasteiger partial charge < -0.3 is 10.3 Å². The quantitative estimate of drug-likeness (QED) is 0.258. The summed E-state index contributed by atoms with van der Waals surface area (Å²) in [5.41, 5.74) is 13.1. The molecule has 0 aliphatic carbocycles. The van der Waals surface area contributed by atoms with Gasteiger partial charge in [-0.2, -0.15) is 0 Å². The first-order chi connectivity index (χ1) is 19.5. The van der Waals surface area contributed by atoms with E-state index in [2.05, 4.69) is 65.6 Å². The predicted molar refractivity (Wildman–Crippen MR) is 159 cm³/mol. The molecule has 0 atom stereocenters. The minimum atomic E-state index is -0.377. The van der Waals surface area contributed by atoms with Gasteiger partial charge in [0, 0.05) is 67.2 Å². The molecule has 4 aromatic heterocycles. The molecule has 5 aromatic rings. The molecule has 0 amide bonds. The van der Waals surface area contributed by atoms with Gasteiger partial charge in [-0.15, -0.1) is 0 Å². The van der Waals surface area contributed by atoms with Crippen molar-refractivity contribution in [2.75, 3.05) is 31.9 Å². The number of hydrogen-bond acceptors (Lipinski definition) is 7. The fraction of sp³-hybridized carbons (Fsp3) is 0.194. The van der Waals surface area contributed by atoms with Gasteiger partial charge >= 0.3 is 0 Å². The van der Waals surface area contributed by atoms with Crippen LogP contribution in [0.3, 0.4) is 0 Å². The second-order valence-electron chi connectivity index (χ2n) is 10.7. The van der Waals surface area contributed by atoms with Crippen LogP contribution in [0.2, 0.25) is 0 Å². The molecule has 200 valence electrons. The molecule has 9 heteroatoms. The fourth-order valence-electron chi connectivity index (χ4n) is 5.98. The summed E-state index contributed by atoms with van der Waals surface area (Å²) < 4.78 is 18.1. The summed E-state index contributed by atoms with van der Waals surface area (Å²) in [6.07, 6.45) is 4.73. The number of aromatic nitrogens is 4. The molecule has 1 aromatic carbocycles. The van der Waals surface area contributed by atoms with E-state index in [-0.39, 0.29) is 5.82 Å². The number of nitrogens with zero attached hydrogens (tertiary/aromatic N) is 6. The Bertz CT molecular complexity index is 1700. The lowest BCUT2D eigenvalue weighted by Gasteiger charge is -2.59. The van der Waals surface area contributed by atoms with Crippen LogP contribution in [0.15, 0.2) is 91.2 Å². The van der Waals surface area contributed by atoms with Crippen LogP contribution in [0.25, 0.3) is 39.2 Å². The van der Waals surface area contributed by atoms with Crippen LogP contribution in [-0.4, -0.2) is 54.9 Å². The fourth-order valence-corrected chi connectivity index (χ4v) is 6.89. The SMILES string of the molecule is C=CSN1CC2(CN(Cc3ccc(-n4c(-c5cccnc5N)cc5cnc(-c6ccc(F)cn6)cc54)cc3)C2)C1. The van der Waals surface area contributed by atoms with Crippen molar-refractivity contribution in [1.82, 2.24) is 28.7 Å². The summed E-state index contributed by atoms with van der Waals surface area (Å²) >= 11 is 1.72. The van der Waals surface area contributed by atoms with Gasteiger partial charge in [0.25, 0.3) is 0 Å². The number of likely N-dealkylation sites (tertiary alicyclic amines) is 1. The third-order valence-corrected chi connectivity index (χ3v) is 8.46. The molecule has 7 rings (SSSR count). The third kappa shape index (κ3) is 4.46. The first-order valence-corrected chi connectivity index (χ1v) is 14.0. The topological polar surface area (TPSA) is 76.1 Å². The van der Waals surface area contributed by atoms with Crippen molar-refractivity contribution in [2.24, 2.45) is 5.41 Å². The van der Waals surface area contributed by atoms with Gasteiger partial charge in [0.15, 0.2) is 0 Å². The van der Waals surface area contributed by atoms with E-state index in [9.17, 15) is 4.39 Å². The zero-order chi connectivity index (χ0) is 27.3. The molecule has 2 aliphatic heterocycles. The van der Waals surface area contributed by atoms with Gasteiger partial charge in [0.2, 0.25) is 0 Å². The van der Waals surface area contributed by atoms with Gasteiger partial charge in [-0.3, -0.25) is 14.9 Å². The molecule has 2 N–H and O–H groups in total. The Morgan fingerprint density at radius 1 is 0.950 bits per heavy atom. The molecule has 7 nitrogen and oxygen atoms in total. The van der Waals surface area contributed by atoms with E-state index in [1.54, 1.807) is 24.2 Å². The minimum Gasteiger partial charge on any atom is -0.383 e. The summed E-state index contributed by atoms with van der Waals surface area (Å²) in [5, 5.41) is 2.87. The Balaban J connectivity index is 1.21. The molecule has 2 fully saturated rings. The Labute approximate surface area is 236 Å². The van der Waals surface area contributed by atoms with Crippen molar-refractivity contribution in [3.8, 4) is 28.3 Å². The first-order valence-electron chi connectivity index (χ1n) is 13.2. The lowest BCUT2D eigenvalue weighted by Crippen LogP contribution is -2.69. The molecule has 0 bridgehead atoms. The second-order valence-corrected chi connectivity index (χ2v) is 11.7. The summed E-state index contributed by atoms with van der Waals surface area (Å²) in [6, 6.07) is 19.7. The lowest BCUT2D eigenvalue weighted by atomic mass is 9.74. The Kier molecular flexibility index (Phi) is 6.14. The zero-order valence-electron chi connectivity index (χ0n) is 21.9. The van der Waals surface area contributed by atoms with E-state index >= 15 is 0 Å². The van der Waals surface area contributed by atoms with Crippen LogP contribution < -0.4 is 5.73 Å². The maximum Gasteiger partial charge on any atom is 0.141 e. The average Bonchev–Trinajstić information content (AvgIpc) is 3.30. The van der Waals surface area contributed by atoms with Crippen molar-refractivity contribution < 1.29 is 4.39 Å². The maximum atomic E-state index is 13.5. The molecular formula is C31H28FN7S. The molecular weight excluding hydrogens is 521 g/mol. The Hall–Kier alpha value is -4.05. The van der Waals surface area contributed by atoms with Gasteiger partial charge in [-0.25, -0.2) is 13.7 Å². The molecule has 2 saturated heterocycles. The number of anilines is 1. The highest BCUT2D eigenvalue weighted by Crippen LogP contribution is 2.43. The first kappa shape index (κ1) is 25.0.